The van der Waals surface area contributed by atoms with Crippen molar-refractivity contribution in [3.8, 4) is 0 Å². The zero-order valence-corrected chi connectivity index (χ0v) is 7.46. The molecule has 0 amide bonds. The van der Waals surface area contributed by atoms with E-state index < -0.39 is 5.60 Å². The van der Waals surface area contributed by atoms with Crippen molar-refractivity contribution in [2.24, 2.45) is 0 Å². The average Bonchev–Trinajstić information content (AvgIpc) is 2.10. The first-order valence-electron chi connectivity index (χ1n) is 3.67. The van der Waals surface area contributed by atoms with E-state index in [9.17, 15) is 4.79 Å². The molecule has 0 spiro atoms. The van der Waals surface area contributed by atoms with Crippen LogP contribution in [0.4, 0.5) is 0 Å². The fraction of sp³-hybridized carbons (Fsp3) is 0.444. The molecule has 0 fully saturated rings. The van der Waals surface area contributed by atoms with Crippen LogP contribution < -0.4 is 0 Å². The Morgan fingerprint density at radius 2 is 2.08 bits per heavy atom. The SMILES string of the molecule is COC1=CC=CC(=O)C1(C)OC. The van der Waals surface area contributed by atoms with Crippen molar-refractivity contribution in [2.45, 2.75) is 12.5 Å². The number of hydrogen-bond donors (Lipinski definition) is 0. The third-order valence-electron chi connectivity index (χ3n) is 2.06. The molecule has 0 bridgehead atoms. The topological polar surface area (TPSA) is 35.5 Å². The fourth-order valence-corrected chi connectivity index (χ4v) is 1.13. The lowest BCUT2D eigenvalue weighted by molar-refractivity contribution is -0.133. The third-order valence-corrected chi connectivity index (χ3v) is 2.06. The lowest BCUT2D eigenvalue weighted by atomic mass is 9.93. The third kappa shape index (κ3) is 1.16. The summed E-state index contributed by atoms with van der Waals surface area (Å²) in [5.41, 5.74) is -0.941. The van der Waals surface area contributed by atoms with Crippen molar-refractivity contribution < 1.29 is 14.3 Å². The van der Waals surface area contributed by atoms with Gasteiger partial charge in [-0.25, -0.2) is 0 Å². The van der Waals surface area contributed by atoms with Crippen molar-refractivity contribution in [2.75, 3.05) is 14.2 Å². The monoisotopic (exact) mass is 168 g/mol. The Bertz CT molecular complexity index is 252. The van der Waals surface area contributed by atoms with Crippen molar-refractivity contribution >= 4 is 5.78 Å². The summed E-state index contributed by atoms with van der Waals surface area (Å²) in [6.07, 6.45) is 4.86. The van der Waals surface area contributed by atoms with Gasteiger partial charge in [0.1, 0.15) is 5.76 Å². The molecule has 0 heterocycles. The van der Waals surface area contributed by atoms with Gasteiger partial charge in [0.25, 0.3) is 0 Å². The minimum absolute atomic E-state index is 0.0932. The molecule has 3 nitrogen and oxygen atoms in total. The van der Waals surface area contributed by atoms with E-state index in [0.717, 1.165) is 0 Å². The molecule has 0 radical (unpaired) electrons. The van der Waals surface area contributed by atoms with Crippen LogP contribution in [0.25, 0.3) is 0 Å². The maximum atomic E-state index is 11.4. The van der Waals surface area contributed by atoms with Gasteiger partial charge in [0.2, 0.25) is 0 Å². The summed E-state index contributed by atoms with van der Waals surface area (Å²) in [5.74, 6) is 0.446. The van der Waals surface area contributed by atoms with Gasteiger partial charge < -0.3 is 9.47 Å². The maximum Gasteiger partial charge on any atom is 0.194 e. The predicted octanol–water partition coefficient (Wildman–Crippen LogP) is 1.06. The second-order valence-electron chi connectivity index (χ2n) is 2.70. The van der Waals surface area contributed by atoms with E-state index in [1.54, 1.807) is 19.1 Å². The lowest BCUT2D eigenvalue weighted by Gasteiger charge is -2.28. The predicted molar refractivity (Wildman–Crippen MR) is 44.7 cm³/mol. The normalized spacial score (nSPS) is 28.6. The molecule has 0 saturated carbocycles. The molecular weight excluding hydrogens is 156 g/mol. The van der Waals surface area contributed by atoms with E-state index in [0.29, 0.717) is 5.76 Å². The molecule has 0 aliphatic heterocycles. The summed E-state index contributed by atoms with van der Waals surface area (Å²) in [5, 5.41) is 0. The standard InChI is InChI=1S/C9H12O3/c1-9(12-3)7(10)5-4-6-8(9)11-2/h4-6H,1-3H3. The van der Waals surface area contributed by atoms with E-state index in [-0.39, 0.29) is 5.78 Å². The van der Waals surface area contributed by atoms with Gasteiger partial charge in [0.15, 0.2) is 11.4 Å². The molecule has 1 aliphatic rings. The zero-order valence-electron chi connectivity index (χ0n) is 7.46. The van der Waals surface area contributed by atoms with Crippen molar-refractivity contribution in [3.05, 3.63) is 24.0 Å². The van der Waals surface area contributed by atoms with Crippen molar-refractivity contribution in [3.63, 3.8) is 0 Å². The Morgan fingerprint density at radius 1 is 1.42 bits per heavy atom. The van der Waals surface area contributed by atoms with Gasteiger partial charge in [-0.05, 0) is 19.1 Å². The second-order valence-corrected chi connectivity index (χ2v) is 2.70. The quantitative estimate of drug-likeness (QED) is 0.618. The minimum atomic E-state index is -0.941. The molecule has 1 atom stereocenters. The molecule has 0 aromatic heterocycles. The van der Waals surface area contributed by atoms with Crippen LogP contribution in [0, 0.1) is 0 Å². The highest BCUT2D eigenvalue weighted by Gasteiger charge is 2.38. The molecule has 3 heteroatoms. The van der Waals surface area contributed by atoms with Crippen LogP contribution in [-0.4, -0.2) is 25.6 Å². The molecule has 66 valence electrons. The summed E-state index contributed by atoms with van der Waals surface area (Å²) in [6.45, 7) is 1.69. The summed E-state index contributed by atoms with van der Waals surface area (Å²) in [7, 11) is 3.01. The zero-order chi connectivity index (χ0) is 9.19. The number of carbonyl (C=O) groups is 1. The summed E-state index contributed by atoms with van der Waals surface area (Å²) in [6, 6.07) is 0. The fourth-order valence-electron chi connectivity index (χ4n) is 1.13. The number of hydrogen-bond acceptors (Lipinski definition) is 3. The first-order valence-corrected chi connectivity index (χ1v) is 3.67. The van der Waals surface area contributed by atoms with Crippen molar-refractivity contribution in [1.29, 1.82) is 0 Å². The number of methoxy groups -OCH3 is 2. The molecule has 1 unspecified atom stereocenters. The highest BCUT2D eigenvalue weighted by atomic mass is 16.5. The van der Waals surface area contributed by atoms with Gasteiger partial charge in [-0.2, -0.15) is 0 Å². The first-order chi connectivity index (χ1) is 5.65. The van der Waals surface area contributed by atoms with E-state index >= 15 is 0 Å². The van der Waals surface area contributed by atoms with Crippen LogP contribution in [0.2, 0.25) is 0 Å². The molecule has 0 N–H and O–H groups in total. The van der Waals surface area contributed by atoms with Crippen LogP contribution in [-0.2, 0) is 14.3 Å². The van der Waals surface area contributed by atoms with Crippen LogP contribution >= 0.6 is 0 Å². The van der Waals surface area contributed by atoms with E-state index in [4.69, 9.17) is 9.47 Å². The molecule has 0 aromatic carbocycles. The number of ether oxygens (including phenoxy) is 2. The Kier molecular flexibility index (Phi) is 2.33. The van der Waals surface area contributed by atoms with E-state index in [1.807, 2.05) is 0 Å². The van der Waals surface area contributed by atoms with Gasteiger partial charge in [0, 0.05) is 7.11 Å². The van der Waals surface area contributed by atoms with Crippen molar-refractivity contribution in [1.82, 2.24) is 0 Å². The van der Waals surface area contributed by atoms with Gasteiger partial charge in [0.05, 0.1) is 7.11 Å². The molecule has 0 aromatic rings. The van der Waals surface area contributed by atoms with Crippen LogP contribution in [0.5, 0.6) is 0 Å². The van der Waals surface area contributed by atoms with Crippen LogP contribution in [0.3, 0.4) is 0 Å². The first kappa shape index (κ1) is 9.00. The van der Waals surface area contributed by atoms with Crippen LogP contribution in [0.15, 0.2) is 24.0 Å². The van der Waals surface area contributed by atoms with Crippen LogP contribution in [0.1, 0.15) is 6.92 Å². The Hall–Kier alpha value is -1.09. The molecule has 1 rings (SSSR count). The van der Waals surface area contributed by atoms with Gasteiger partial charge in [-0.3, -0.25) is 4.79 Å². The Labute approximate surface area is 71.7 Å². The summed E-state index contributed by atoms with van der Waals surface area (Å²) < 4.78 is 10.1. The van der Waals surface area contributed by atoms with E-state index in [1.165, 1.54) is 20.3 Å². The molecule has 1 aliphatic carbocycles. The summed E-state index contributed by atoms with van der Waals surface area (Å²) >= 11 is 0. The minimum Gasteiger partial charge on any atom is -0.498 e. The van der Waals surface area contributed by atoms with E-state index in [2.05, 4.69) is 0 Å². The van der Waals surface area contributed by atoms with Gasteiger partial charge in [-0.15, -0.1) is 0 Å². The molecular formula is C9H12O3. The highest BCUT2D eigenvalue weighted by molar-refractivity contribution is 6.00. The number of allylic oxidation sites excluding steroid dienone is 2. The second kappa shape index (κ2) is 3.11. The van der Waals surface area contributed by atoms with Gasteiger partial charge in [-0.1, -0.05) is 6.08 Å². The molecule has 12 heavy (non-hydrogen) atoms. The maximum absolute atomic E-state index is 11.4. The molecule has 0 saturated heterocycles. The number of ketones is 1. The largest absolute Gasteiger partial charge is 0.498 e. The Morgan fingerprint density at radius 3 is 2.50 bits per heavy atom. The smallest absolute Gasteiger partial charge is 0.194 e. The lowest BCUT2D eigenvalue weighted by Crippen LogP contribution is -2.40. The highest BCUT2D eigenvalue weighted by Crippen LogP contribution is 2.25. The number of carbonyl (C=O) groups excluding carboxylic acids is 1. The average molecular weight is 168 g/mol. The van der Waals surface area contributed by atoms with Gasteiger partial charge >= 0.3 is 0 Å². The Balaban J connectivity index is 3.04. The number of rotatable bonds is 2. The summed E-state index contributed by atoms with van der Waals surface area (Å²) in [4.78, 5) is 11.4.